The van der Waals surface area contributed by atoms with Crippen molar-refractivity contribution in [3.8, 4) is 0 Å². The van der Waals surface area contributed by atoms with E-state index in [1.807, 2.05) is 0 Å². The fourth-order valence-electron chi connectivity index (χ4n) is 2.59. The van der Waals surface area contributed by atoms with Gasteiger partial charge in [0, 0.05) is 24.7 Å². The highest BCUT2D eigenvalue weighted by Gasteiger charge is 2.12. The molecule has 1 aromatic carbocycles. The second kappa shape index (κ2) is 6.71. The van der Waals surface area contributed by atoms with Crippen LogP contribution in [0.25, 0.3) is 0 Å². The molecule has 1 atom stereocenters. The van der Waals surface area contributed by atoms with Gasteiger partial charge in [0.15, 0.2) is 0 Å². The molecule has 2 rings (SSSR count). The van der Waals surface area contributed by atoms with E-state index in [1.165, 1.54) is 16.8 Å². The lowest BCUT2D eigenvalue weighted by molar-refractivity contribution is 0.572. The quantitative estimate of drug-likeness (QED) is 0.878. The summed E-state index contributed by atoms with van der Waals surface area (Å²) in [4.78, 5) is 0. The molecule has 1 heterocycles. The summed E-state index contributed by atoms with van der Waals surface area (Å²) < 4.78 is 2.08. The fourth-order valence-corrected chi connectivity index (χ4v) is 2.59. The zero-order valence-corrected chi connectivity index (χ0v) is 12.8. The van der Waals surface area contributed by atoms with Gasteiger partial charge in [-0.2, -0.15) is 5.10 Å². The summed E-state index contributed by atoms with van der Waals surface area (Å²) in [5.74, 6) is 0. The molecule has 1 unspecified atom stereocenters. The minimum absolute atomic E-state index is 0.141. The molecule has 108 valence electrons. The Bertz CT molecular complexity index is 557. The van der Waals surface area contributed by atoms with Gasteiger partial charge in [-0.15, -0.1) is 0 Å². The van der Waals surface area contributed by atoms with Gasteiger partial charge in [-0.25, -0.2) is 0 Å². The first kappa shape index (κ1) is 14.8. The fraction of sp³-hybridized carbons (Fsp3) is 0.471. The molecule has 0 aliphatic heterocycles. The Morgan fingerprint density at radius 1 is 1.20 bits per heavy atom. The normalized spacial score (nSPS) is 12.6. The molecular weight excluding hydrogens is 246 g/mol. The first-order chi connectivity index (χ1) is 9.63. The van der Waals surface area contributed by atoms with E-state index >= 15 is 0 Å². The Kier molecular flexibility index (Phi) is 4.96. The summed E-state index contributed by atoms with van der Waals surface area (Å²) >= 11 is 0. The number of aryl methyl sites for hydroxylation is 3. The van der Waals surface area contributed by atoms with Gasteiger partial charge >= 0.3 is 0 Å². The van der Waals surface area contributed by atoms with Gasteiger partial charge in [-0.1, -0.05) is 31.2 Å². The van der Waals surface area contributed by atoms with E-state index < -0.39 is 0 Å². The van der Waals surface area contributed by atoms with Crippen LogP contribution in [-0.4, -0.2) is 15.8 Å². The molecule has 2 aromatic rings. The molecule has 0 aliphatic rings. The van der Waals surface area contributed by atoms with Gasteiger partial charge in [-0.3, -0.25) is 4.68 Å². The smallest absolute Gasteiger partial charge is 0.0624 e. The molecule has 0 aliphatic carbocycles. The molecule has 0 amide bonds. The van der Waals surface area contributed by atoms with Crippen LogP contribution < -0.4 is 5.73 Å². The number of nitrogens with two attached hydrogens (primary N) is 1. The van der Waals surface area contributed by atoms with Gasteiger partial charge in [-0.05, 0) is 43.9 Å². The third kappa shape index (κ3) is 3.48. The Hall–Kier alpha value is -1.61. The maximum atomic E-state index is 6.34. The summed E-state index contributed by atoms with van der Waals surface area (Å²) in [7, 11) is 0. The number of nitrogens with zero attached hydrogens (tertiary/aromatic N) is 2. The second-order valence-corrected chi connectivity index (χ2v) is 5.39. The van der Waals surface area contributed by atoms with Crippen molar-refractivity contribution in [2.24, 2.45) is 5.73 Å². The van der Waals surface area contributed by atoms with Crippen molar-refractivity contribution in [1.82, 2.24) is 9.78 Å². The van der Waals surface area contributed by atoms with Crippen molar-refractivity contribution < 1.29 is 0 Å². The Morgan fingerprint density at radius 3 is 2.60 bits per heavy atom. The zero-order chi connectivity index (χ0) is 14.5. The van der Waals surface area contributed by atoms with E-state index in [-0.39, 0.29) is 6.04 Å². The summed E-state index contributed by atoms with van der Waals surface area (Å²) in [6.07, 6.45) is 2.78. The maximum Gasteiger partial charge on any atom is 0.0624 e. The van der Waals surface area contributed by atoms with Crippen molar-refractivity contribution >= 4 is 0 Å². The van der Waals surface area contributed by atoms with Gasteiger partial charge in [0.2, 0.25) is 0 Å². The predicted molar refractivity (Wildman–Crippen MR) is 83.8 cm³/mol. The third-order valence-electron chi connectivity index (χ3n) is 3.79. The van der Waals surface area contributed by atoms with Gasteiger partial charge in [0.25, 0.3) is 0 Å². The Balaban J connectivity index is 2.06. The summed E-state index contributed by atoms with van der Waals surface area (Å²) in [5.41, 5.74) is 11.4. The third-order valence-corrected chi connectivity index (χ3v) is 3.79. The van der Waals surface area contributed by atoms with Crippen LogP contribution in [0.3, 0.4) is 0 Å². The number of hydrogen-bond donors (Lipinski definition) is 1. The number of rotatable bonds is 6. The van der Waals surface area contributed by atoms with Gasteiger partial charge in [0.1, 0.15) is 0 Å². The highest BCUT2D eigenvalue weighted by Crippen LogP contribution is 2.13. The Labute approximate surface area is 121 Å². The molecule has 0 saturated carbocycles. The average Bonchev–Trinajstić information content (AvgIpc) is 2.83. The zero-order valence-electron chi connectivity index (χ0n) is 12.8. The van der Waals surface area contributed by atoms with Crippen LogP contribution in [0.15, 0.2) is 30.3 Å². The molecule has 0 spiro atoms. The van der Waals surface area contributed by atoms with Crippen molar-refractivity contribution in [2.75, 3.05) is 0 Å². The summed E-state index contributed by atoms with van der Waals surface area (Å²) in [6, 6.07) is 10.8. The van der Waals surface area contributed by atoms with Crippen LogP contribution in [-0.2, 0) is 25.8 Å². The topological polar surface area (TPSA) is 43.8 Å². The van der Waals surface area contributed by atoms with E-state index in [1.54, 1.807) is 0 Å². The van der Waals surface area contributed by atoms with E-state index in [9.17, 15) is 0 Å². The minimum Gasteiger partial charge on any atom is -0.327 e. The van der Waals surface area contributed by atoms with E-state index in [0.717, 1.165) is 31.5 Å². The van der Waals surface area contributed by atoms with E-state index in [2.05, 4.69) is 60.9 Å². The van der Waals surface area contributed by atoms with Crippen molar-refractivity contribution in [2.45, 2.75) is 52.6 Å². The van der Waals surface area contributed by atoms with Crippen molar-refractivity contribution in [3.05, 3.63) is 52.8 Å². The van der Waals surface area contributed by atoms with Crippen LogP contribution in [0.1, 0.15) is 36.4 Å². The molecule has 3 heteroatoms. The average molecular weight is 271 g/mol. The first-order valence-corrected chi connectivity index (χ1v) is 7.49. The number of aromatic nitrogens is 2. The first-order valence-electron chi connectivity index (χ1n) is 7.49. The van der Waals surface area contributed by atoms with Crippen molar-refractivity contribution in [1.29, 1.82) is 0 Å². The van der Waals surface area contributed by atoms with Gasteiger partial charge in [0.05, 0.1) is 5.69 Å². The standard InChI is InChI=1S/C17H25N3/c1-4-16-12-17(20(5-2)19-16)11-15(18)10-14-9-7-6-8-13(14)3/h6-9,12,15H,4-5,10-11,18H2,1-3H3. The monoisotopic (exact) mass is 271 g/mol. The lowest BCUT2D eigenvalue weighted by Gasteiger charge is -2.14. The molecule has 0 bridgehead atoms. The molecule has 0 saturated heterocycles. The molecule has 2 N–H and O–H groups in total. The number of benzene rings is 1. The van der Waals surface area contributed by atoms with Crippen molar-refractivity contribution in [3.63, 3.8) is 0 Å². The van der Waals surface area contributed by atoms with Crippen LogP contribution >= 0.6 is 0 Å². The lowest BCUT2D eigenvalue weighted by Crippen LogP contribution is -2.27. The molecule has 0 fully saturated rings. The second-order valence-electron chi connectivity index (χ2n) is 5.39. The van der Waals surface area contributed by atoms with Crippen LogP contribution in [0.4, 0.5) is 0 Å². The van der Waals surface area contributed by atoms with Crippen LogP contribution in [0.2, 0.25) is 0 Å². The SMILES string of the molecule is CCc1cc(CC(N)Cc2ccccc2C)n(CC)n1. The molecule has 20 heavy (non-hydrogen) atoms. The van der Waals surface area contributed by atoms with E-state index in [4.69, 9.17) is 5.73 Å². The van der Waals surface area contributed by atoms with Crippen LogP contribution in [0.5, 0.6) is 0 Å². The largest absolute Gasteiger partial charge is 0.327 e. The highest BCUT2D eigenvalue weighted by molar-refractivity contribution is 5.26. The summed E-state index contributed by atoms with van der Waals surface area (Å²) in [5, 5.41) is 4.59. The maximum absolute atomic E-state index is 6.34. The highest BCUT2D eigenvalue weighted by atomic mass is 15.3. The van der Waals surface area contributed by atoms with E-state index in [0.29, 0.717) is 0 Å². The Morgan fingerprint density at radius 2 is 1.95 bits per heavy atom. The lowest BCUT2D eigenvalue weighted by atomic mass is 9.99. The molecule has 0 radical (unpaired) electrons. The minimum atomic E-state index is 0.141. The summed E-state index contributed by atoms with van der Waals surface area (Å²) in [6.45, 7) is 7.32. The molecule has 3 nitrogen and oxygen atoms in total. The molecule has 1 aromatic heterocycles. The number of hydrogen-bond acceptors (Lipinski definition) is 2. The van der Waals surface area contributed by atoms with Gasteiger partial charge < -0.3 is 5.73 Å². The molecular formula is C17H25N3. The van der Waals surface area contributed by atoms with Crippen LogP contribution in [0, 0.1) is 6.92 Å². The predicted octanol–water partition coefficient (Wildman–Crippen LogP) is 2.89.